The molecule has 5 rings (SSSR count). The van der Waals surface area contributed by atoms with Crippen molar-refractivity contribution in [3.05, 3.63) is 60.4 Å². The Labute approximate surface area is 156 Å². The molecule has 1 aliphatic rings. The predicted molar refractivity (Wildman–Crippen MR) is 103 cm³/mol. The van der Waals surface area contributed by atoms with Gasteiger partial charge in [-0.25, -0.2) is 9.67 Å². The van der Waals surface area contributed by atoms with Gasteiger partial charge in [0.1, 0.15) is 5.82 Å². The Bertz CT molecular complexity index is 1090. The quantitative estimate of drug-likeness (QED) is 0.562. The second-order valence-corrected chi connectivity index (χ2v) is 6.69. The summed E-state index contributed by atoms with van der Waals surface area (Å²) in [5, 5.41) is 9.18. The molecular weight excluding hydrogens is 340 g/mol. The Morgan fingerprint density at radius 1 is 1.04 bits per heavy atom. The first kappa shape index (κ1) is 16.0. The van der Waals surface area contributed by atoms with Gasteiger partial charge in [-0.05, 0) is 19.1 Å². The lowest BCUT2D eigenvalue weighted by Gasteiger charge is -2.29. The Kier molecular flexibility index (Phi) is 3.86. The van der Waals surface area contributed by atoms with Crippen LogP contribution < -0.4 is 4.90 Å². The number of hydrogen-bond acceptors (Lipinski definition) is 5. The summed E-state index contributed by atoms with van der Waals surface area (Å²) >= 11 is 0. The van der Waals surface area contributed by atoms with E-state index in [0.717, 1.165) is 54.8 Å². The molecule has 0 amide bonds. The summed E-state index contributed by atoms with van der Waals surface area (Å²) in [6.45, 7) is 5.21. The maximum Gasteiger partial charge on any atom is 0.159 e. The largest absolute Gasteiger partial charge is 0.378 e. The van der Waals surface area contributed by atoms with E-state index in [-0.39, 0.29) is 0 Å². The first-order valence-corrected chi connectivity index (χ1v) is 9.08. The zero-order chi connectivity index (χ0) is 18.2. The number of nitrogens with zero attached hydrogens (tertiary/aromatic N) is 6. The molecular formula is C20H20N6O. The number of hydrogen-bond donors (Lipinski definition) is 0. The maximum absolute atomic E-state index is 5.49. The van der Waals surface area contributed by atoms with Gasteiger partial charge in [0.05, 0.1) is 25.1 Å². The van der Waals surface area contributed by atoms with Crippen LogP contribution in [0.4, 0.5) is 5.82 Å². The van der Waals surface area contributed by atoms with Crippen molar-refractivity contribution >= 4 is 11.5 Å². The molecule has 4 heterocycles. The summed E-state index contributed by atoms with van der Waals surface area (Å²) in [4.78, 5) is 7.01. The van der Waals surface area contributed by atoms with Crippen LogP contribution in [0.3, 0.4) is 0 Å². The number of ether oxygens (including phenoxy) is 1. The molecule has 4 aromatic rings. The average Bonchev–Trinajstić information content (AvgIpc) is 3.37. The second kappa shape index (κ2) is 6.51. The van der Waals surface area contributed by atoms with Gasteiger partial charge in [-0.3, -0.25) is 0 Å². The third-order valence-electron chi connectivity index (χ3n) is 4.80. The van der Waals surface area contributed by atoms with Crippen molar-refractivity contribution in [3.8, 4) is 17.1 Å². The third-order valence-corrected chi connectivity index (χ3v) is 4.80. The molecule has 0 N–H and O–H groups in total. The normalized spacial score (nSPS) is 14.8. The predicted octanol–water partition coefficient (Wildman–Crippen LogP) is 2.73. The van der Waals surface area contributed by atoms with Crippen LogP contribution in [0.25, 0.3) is 22.7 Å². The summed E-state index contributed by atoms with van der Waals surface area (Å²) < 4.78 is 9.19. The Morgan fingerprint density at radius 2 is 1.93 bits per heavy atom. The van der Waals surface area contributed by atoms with Crippen molar-refractivity contribution in [2.75, 3.05) is 31.2 Å². The topological polar surface area (TPSA) is 60.5 Å². The molecule has 3 aromatic heterocycles. The lowest BCUT2D eigenvalue weighted by molar-refractivity contribution is 0.122. The summed E-state index contributed by atoms with van der Waals surface area (Å²) in [5.74, 6) is 1.79. The smallest absolute Gasteiger partial charge is 0.159 e. The van der Waals surface area contributed by atoms with Crippen LogP contribution in [0, 0.1) is 6.92 Å². The molecule has 0 bridgehead atoms. The van der Waals surface area contributed by atoms with Gasteiger partial charge < -0.3 is 9.64 Å². The molecule has 0 spiro atoms. The fourth-order valence-electron chi connectivity index (χ4n) is 3.43. The van der Waals surface area contributed by atoms with Crippen molar-refractivity contribution in [2.45, 2.75) is 6.92 Å². The van der Waals surface area contributed by atoms with E-state index < -0.39 is 0 Å². The van der Waals surface area contributed by atoms with E-state index in [2.05, 4.69) is 41.2 Å². The van der Waals surface area contributed by atoms with Gasteiger partial charge in [-0.15, -0.1) is 0 Å². The van der Waals surface area contributed by atoms with E-state index in [1.54, 1.807) is 6.20 Å². The van der Waals surface area contributed by atoms with Crippen LogP contribution in [0.2, 0.25) is 0 Å². The molecule has 0 radical (unpaired) electrons. The van der Waals surface area contributed by atoms with Crippen molar-refractivity contribution in [3.63, 3.8) is 0 Å². The summed E-state index contributed by atoms with van der Waals surface area (Å²) in [5.41, 5.74) is 4.06. The minimum atomic E-state index is 0.722. The van der Waals surface area contributed by atoms with Gasteiger partial charge in [0, 0.05) is 37.0 Å². The van der Waals surface area contributed by atoms with E-state index in [9.17, 15) is 0 Å². The third kappa shape index (κ3) is 2.96. The molecule has 0 aliphatic carbocycles. The van der Waals surface area contributed by atoms with E-state index in [1.165, 1.54) is 5.56 Å². The number of aryl methyl sites for hydroxylation is 1. The molecule has 1 fully saturated rings. The molecule has 0 unspecified atom stereocenters. The molecule has 27 heavy (non-hydrogen) atoms. The number of benzene rings is 1. The van der Waals surface area contributed by atoms with Crippen molar-refractivity contribution in [1.29, 1.82) is 0 Å². The van der Waals surface area contributed by atoms with Crippen LogP contribution in [0.5, 0.6) is 0 Å². The van der Waals surface area contributed by atoms with Gasteiger partial charge in [0.2, 0.25) is 0 Å². The summed E-state index contributed by atoms with van der Waals surface area (Å²) in [7, 11) is 0. The second-order valence-electron chi connectivity index (χ2n) is 6.69. The average molecular weight is 360 g/mol. The monoisotopic (exact) mass is 360 g/mol. The fraction of sp³-hybridized carbons (Fsp3) is 0.250. The summed E-state index contributed by atoms with van der Waals surface area (Å²) in [6, 6.07) is 14.3. The van der Waals surface area contributed by atoms with Gasteiger partial charge in [-0.1, -0.05) is 23.8 Å². The highest BCUT2D eigenvalue weighted by atomic mass is 16.5. The first-order valence-electron chi connectivity index (χ1n) is 9.08. The number of morpholine rings is 1. The highest BCUT2D eigenvalue weighted by molar-refractivity contribution is 5.60. The highest BCUT2D eigenvalue weighted by Crippen LogP contribution is 2.23. The van der Waals surface area contributed by atoms with Crippen LogP contribution >= 0.6 is 0 Å². The molecule has 1 saturated heterocycles. The van der Waals surface area contributed by atoms with E-state index in [4.69, 9.17) is 14.8 Å². The van der Waals surface area contributed by atoms with Crippen molar-refractivity contribution in [2.24, 2.45) is 0 Å². The highest BCUT2D eigenvalue weighted by Gasteiger charge is 2.17. The van der Waals surface area contributed by atoms with Crippen LogP contribution in [-0.2, 0) is 4.74 Å². The number of anilines is 1. The standard InChI is InChI=1S/C20H20N6O/c1-15-3-2-4-16(13-15)17-6-8-25(23-17)19-14-20(24-9-11-27-12-10-24)26-18(22-19)5-7-21-26/h2-8,13-14H,9-12H2,1H3. The molecule has 0 atom stereocenters. The van der Waals surface area contributed by atoms with E-state index in [1.807, 2.05) is 33.6 Å². The minimum Gasteiger partial charge on any atom is -0.378 e. The minimum absolute atomic E-state index is 0.722. The van der Waals surface area contributed by atoms with E-state index >= 15 is 0 Å². The molecule has 7 nitrogen and oxygen atoms in total. The summed E-state index contributed by atoms with van der Waals surface area (Å²) in [6.07, 6.45) is 3.73. The van der Waals surface area contributed by atoms with Gasteiger partial charge >= 0.3 is 0 Å². The fourth-order valence-corrected chi connectivity index (χ4v) is 3.43. The molecule has 1 aromatic carbocycles. The van der Waals surface area contributed by atoms with E-state index in [0.29, 0.717) is 0 Å². The Morgan fingerprint density at radius 3 is 2.78 bits per heavy atom. The lowest BCUT2D eigenvalue weighted by Crippen LogP contribution is -2.37. The molecule has 7 heteroatoms. The molecule has 136 valence electrons. The zero-order valence-electron chi connectivity index (χ0n) is 15.1. The van der Waals surface area contributed by atoms with Crippen LogP contribution in [0.15, 0.2) is 54.9 Å². The Hall–Kier alpha value is -3.19. The molecule has 0 saturated carbocycles. The van der Waals surface area contributed by atoms with Gasteiger partial charge in [0.15, 0.2) is 11.5 Å². The number of aromatic nitrogens is 5. The zero-order valence-corrected chi connectivity index (χ0v) is 15.1. The van der Waals surface area contributed by atoms with Crippen LogP contribution in [0.1, 0.15) is 5.56 Å². The van der Waals surface area contributed by atoms with Gasteiger partial charge in [-0.2, -0.15) is 14.7 Å². The van der Waals surface area contributed by atoms with Gasteiger partial charge in [0.25, 0.3) is 0 Å². The van der Waals surface area contributed by atoms with Crippen LogP contribution in [-0.4, -0.2) is 50.7 Å². The van der Waals surface area contributed by atoms with Crippen molar-refractivity contribution < 1.29 is 4.74 Å². The maximum atomic E-state index is 5.49. The number of rotatable bonds is 3. The molecule has 1 aliphatic heterocycles. The van der Waals surface area contributed by atoms with Crippen molar-refractivity contribution in [1.82, 2.24) is 24.4 Å². The Balaban J connectivity index is 1.57. The SMILES string of the molecule is Cc1cccc(-c2ccn(-c3cc(N4CCOCC4)n4nccc4n3)n2)c1. The lowest BCUT2D eigenvalue weighted by atomic mass is 10.1. The first-order chi connectivity index (χ1) is 13.3. The number of fused-ring (bicyclic) bond motifs is 1.